The van der Waals surface area contributed by atoms with Crippen LogP contribution in [-0.4, -0.2) is 35.6 Å². The van der Waals surface area contributed by atoms with E-state index in [1.165, 1.54) is 11.0 Å². The zero-order valence-electron chi connectivity index (χ0n) is 14.1. The zero-order chi connectivity index (χ0) is 18.6. The third kappa shape index (κ3) is 3.29. The molecule has 8 heteroatoms. The molecule has 2 heterocycles. The molecule has 1 N–H and O–H groups in total. The number of likely N-dealkylation sites (tertiary alicyclic amines) is 1. The zero-order valence-corrected chi connectivity index (χ0v) is 14.1. The van der Waals surface area contributed by atoms with Gasteiger partial charge in [0, 0.05) is 19.0 Å². The molecule has 1 fully saturated rings. The molecular weight excluding hydrogens is 337 g/mol. The minimum atomic E-state index is -4.56. The highest BCUT2D eigenvalue weighted by Crippen LogP contribution is 2.46. The number of hydrogen-bond donors (Lipinski definition) is 1. The van der Waals surface area contributed by atoms with Gasteiger partial charge in [0.1, 0.15) is 5.60 Å². The smallest absolute Gasteiger partial charge is 0.418 e. The maximum absolute atomic E-state index is 13.2. The Kier molecular flexibility index (Phi) is 3.96. The van der Waals surface area contributed by atoms with Crippen LogP contribution in [0, 0.1) is 5.92 Å². The number of benzene rings is 1. The molecule has 2 amide bonds. The lowest BCUT2D eigenvalue weighted by atomic mass is 9.83. The fourth-order valence-electron chi connectivity index (χ4n) is 3.33. The third-order valence-electron chi connectivity index (χ3n) is 4.36. The van der Waals surface area contributed by atoms with Crippen molar-refractivity contribution in [1.29, 1.82) is 0 Å². The summed E-state index contributed by atoms with van der Waals surface area (Å²) in [6.07, 6.45) is -5.13. The summed E-state index contributed by atoms with van der Waals surface area (Å²) in [7, 11) is 0. The third-order valence-corrected chi connectivity index (χ3v) is 4.36. The number of nitrogens with zero attached hydrogens (tertiary/aromatic N) is 1. The number of fused-ring (bicyclic) bond motifs is 3. The number of carbonyl (C=O) groups is 2. The summed E-state index contributed by atoms with van der Waals surface area (Å²) in [5.41, 5.74) is -1.35. The summed E-state index contributed by atoms with van der Waals surface area (Å²) in [6, 6.07) is 3.84. The SMILES string of the molecule is CC(C)(C)OC(=O)N1CC2C(=O)Nc3c(cccc3C(F)(F)F)C2C1. The first-order chi connectivity index (χ1) is 11.5. The van der Waals surface area contributed by atoms with Gasteiger partial charge in [-0.3, -0.25) is 4.79 Å². The van der Waals surface area contributed by atoms with E-state index in [9.17, 15) is 22.8 Å². The van der Waals surface area contributed by atoms with Gasteiger partial charge in [-0.15, -0.1) is 0 Å². The van der Waals surface area contributed by atoms with Crippen LogP contribution in [0.1, 0.15) is 37.8 Å². The van der Waals surface area contributed by atoms with Gasteiger partial charge in [0.25, 0.3) is 0 Å². The second-order valence-corrected chi connectivity index (χ2v) is 7.36. The highest BCUT2D eigenvalue weighted by atomic mass is 19.4. The number of hydrogen-bond acceptors (Lipinski definition) is 3. The average Bonchev–Trinajstić information content (AvgIpc) is 2.90. The summed E-state index contributed by atoms with van der Waals surface area (Å²) >= 11 is 0. The molecule has 5 nitrogen and oxygen atoms in total. The highest BCUT2D eigenvalue weighted by molar-refractivity contribution is 5.98. The van der Waals surface area contributed by atoms with Crippen molar-refractivity contribution in [2.45, 2.75) is 38.5 Å². The van der Waals surface area contributed by atoms with E-state index in [2.05, 4.69) is 5.32 Å². The average molecular weight is 356 g/mol. The van der Waals surface area contributed by atoms with Gasteiger partial charge < -0.3 is 15.0 Å². The van der Waals surface area contributed by atoms with Crippen LogP contribution in [0.15, 0.2) is 18.2 Å². The molecule has 1 aromatic carbocycles. The van der Waals surface area contributed by atoms with E-state index in [-0.39, 0.29) is 18.8 Å². The maximum Gasteiger partial charge on any atom is 0.418 e. The lowest BCUT2D eigenvalue weighted by Gasteiger charge is -2.29. The van der Waals surface area contributed by atoms with Crippen LogP contribution in [0.4, 0.5) is 23.7 Å². The van der Waals surface area contributed by atoms with Crippen molar-refractivity contribution in [3.63, 3.8) is 0 Å². The van der Waals surface area contributed by atoms with Crippen molar-refractivity contribution in [3.05, 3.63) is 29.3 Å². The van der Waals surface area contributed by atoms with Crippen molar-refractivity contribution in [1.82, 2.24) is 4.90 Å². The quantitative estimate of drug-likeness (QED) is 0.773. The Morgan fingerprint density at radius 3 is 2.44 bits per heavy atom. The Labute approximate surface area is 143 Å². The molecule has 0 spiro atoms. The van der Waals surface area contributed by atoms with Gasteiger partial charge in [0.2, 0.25) is 5.91 Å². The summed E-state index contributed by atoms with van der Waals surface area (Å²) in [6.45, 7) is 5.46. The number of alkyl halides is 3. The Balaban J connectivity index is 1.92. The van der Waals surface area contributed by atoms with Crippen LogP contribution in [0.3, 0.4) is 0 Å². The van der Waals surface area contributed by atoms with Crippen LogP contribution in [0.5, 0.6) is 0 Å². The fraction of sp³-hybridized carbons (Fsp3) is 0.529. The monoisotopic (exact) mass is 356 g/mol. The van der Waals surface area contributed by atoms with Crippen LogP contribution in [-0.2, 0) is 15.7 Å². The molecule has 2 unspecified atom stereocenters. The standard InChI is InChI=1S/C17H19F3N2O3/c1-16(2,3)25-15(24)22-7-10-9-5-4-6-12(17(18,19)20)13(9)21-14(23)11(10)8-22/h4-6,10-11H,7-8H2,1-3H3,(H,21,23). The summed E-state index contributed by atoms with van der Waals surface area (Å²) in [5.74, 6) is -1.55. The topological polar surface area (TPSA) is 58.6 Å². The number of carbonyl (C=O) groups excluding carboxylic acids is 2. The number of anilines is 1. The summed E-state index contributed by atoms with van der Waals surface area (Å²) < 4.78 is 44.9. The van der Waals surface area contributed by atoms with Crippen molar-refractivity contribution in [3.8, 4) is 0 Å². The Hall–Kier alpha value is -2.25. The molecule has 2 aliphatic heterocycles. The number of rotatable bonds is 0. The van der Waals surface area contributed by atoms with Gasteiger partial charge in [-0.05, 0) is 32.4 Å². The second-order valence-electron chi connectivity index (χ2n) is 7.36. The normalized spacial score (nSPS) is 23.0. The van der Waals surface area contributed by atoms with Gasteiger partial charge in [0.05, 0.1) is 17.2 Å². The lowest BCUT2D eigenvalue weighted by Crippen LogP contribution is -2.36. The van der Waals surface area contributed by atoms with Crippen LogP contribution >= 0.6 is 0 Å². The number of halogens is 3. The van der Waals surface area contributed by atoms with Crippen molar-refractivity contribution < 1.29 is 27.5 Å². The van der Waals surface area contributed by atoms with E-state index in [0.29, 0.717) is 5.56 Å². The highest BCUT2D eigenvalue weighted by Gasteiger charge is 2.47. The van der Waals surface area contributed by atoms with Crippen LogP contribution < -0.4 is 5.32 Å². The van der Waals surface area contributed by atoms with E-state index in [1.807, 2.05) is 0 Å². The first kappa shape index (κ1) is 17.6. The number of ether oxygens (including phenoxy) is 1. The molecule has 1 saturated heterocycles. The van der Waals surface area contributed by atoms with Crippen LogP contribution in [0.25, 0.3) is 0 Å². The van der Waals surface area contributed by atoms with Gasteiger partial charge in [0.15, 0.2) is 0 Å². The minimum absolute atomic E-state index is 0.126. The summed E-state index contributed by atoms with van der Waals surface area (Å²) in [5, 5.41) is 2.38. The Bertz CT molecular complexity index is 725. The van der Waals surface area contributed by atoms with Crippen molar-refractivity contribution in [2.24, 2.45) is 5.92 Å². The largest absolute Gasteiger partial charge is 0.444 e. The van der Waals surface area contributed by atoms with Gasteiger partial charge in [-0.1, -0.05) is 12.1 Å². The van der Waals surface area contributed by atoms with Gasteiger partial charge in [-0.2, -0.15) is 13.2 Å². The van der Waals surface area contributed by atoms with E-state index >= 15 is 0 Å². The molecule has 25 heavy (non-hydrogen) atoms. The van der Waals surface area contributed by atoms with E-state index in [0.717, 1.165) is 6.07 Å². The number of amides is 2. The second kappa shape index (κ2) is 5.64. The predicted octanol–water partition coefficient (Wildman–Crippen LogP) is 3.61. The van der Waals surface area contributed by atoms with E-state index in [4.69, 9.17) is 4.74 Å². The molecule has 2 aliphatic rings. The molecule has 2 atom stereocenters. The molecule has 0 aliphatic carbocycles. The maximum atomic E-state index is 13.2. The van der Waals surface area contributed by atoms with E-state index < -0.39 is 41.2 Å². The molecule has 0 bridgehead atoms. The molecule has 1 aromatic rings. The van der Waals surface area contributed by atoms with Gasteiger partial charge in [-0.25, -0.2) is 4.79 Å². The first-order valence-corrected chi connectivity index (χ1v) is 7.96. The first-order valence-electron chi connectivity index (χ1n) is 7.96. The number of nitrogens with one attached hydrogen (secondary N) is 1. The van der Waals surface area contributed by atoms with E-state index in [1.54, 1.807) is 26.8 Å². The van der Waals surface area contributed by atoms with Crippen molar-refractivity contribution >= 4 is 17.7 Å². The molecule has 0 aromatic heterocycles. The summed E-state index contributed by atoms with van der Waals surface area (Å²) in [4.78, 5) is 25.9. The Morgan fingerprint density at radius 2 is 1.84 bits per heavy atom. The molecule has 136 valence electrons. The lowest BCUT2D eigenvalue weighted by molar-refractivity contribution is -0.137. The fourth-order valence-corrected chi connectivity index (χ4v) is 3.33. The Morgan fingerprint density at radius 1 is 1.20 bits per heavy atom. The molecule has 0 saturated carbocycles. The molecule has 0 radical (unpaired) electrons. The molecular formula is C17H19F3N2O3. The molecule has 3 rings (SSSR count). The predicted molar refractivity (Wildman–Crippen MR) is 84.1 cm³/mol. The minimum Gasteiger partial charge on any atom is -0.444 e. The number of para-hydroxylation sites is 1. The van der Waals surface area contributed by atoms with Crippen LogP contribution in [0.2, 0.25) is 0 Å². The van der Waals surface area contributed by atoms with Crippen molar-refractivity contribution in [2.75, 3.05) is 18.4 Å². The van der Waals surface area contributed by atoms with Gasteiger partial charge >= 0.3 is 12.3 Å².